The van der Waals surface area contributed by atoms with Crippen molar-refractivity contribution in [3.8, 4) is 0 Å². The van der Waals surface area contributed by atoms with Gasteiger partial charge in [0.1, 0.15) is 0 Å². The van der Waals surface area contributed by atoms with Gasteiger partial charge in [0, 0.05) is 11.1 Å². The van der Waals surface area contributed by atoms with E-state index < -0.39 is 11.9 Å². The Bertz CT molecular complexity index is 590. The number of fused-ring (bicyclic) bond motifs is 1. The first-order valence-corrected chi connectivity index (χ1v) is 5.60. The van der Waals surface area contributed by atoms with Crippen LogP contribution < -0.4 is 0 Å². The molecule has 0 fully saturated rings. The third-order valence-corrected chi connectivity index (χ3v) is 3.04. The predicted molar refractivity (Wildman–Crippen MR) is 67.3 cm³/mol. The molecule has 1 heterocycles. The van der Waals surface area contributed by atoms with Crippen molar-refractivity contribution in [2.45, 2.75) is 26.7 Å². The van der Waals surface area contributed by atoms with Crippen molar-refractivity contribution < 1.29 is 9.90 Å². The first-order chi connectivity index (χ1) is 7.99. The van der Waals surface area contributed by atoms with Crippen LogP contribution in [0.4, 0.5) is 0 Å². The molecule has 0 amide bonds. The number of carbonyl (C=O) groups is 1. The van der Waals surface area contributed by atoms with E-state index in [1.165, 1.54) is 0 Å². The number of hydrogen-bond donors (Lipinski definition) is 1. The number of aliphatic carboxylic acids is 1. The van der Waals surface area contributed by atoms with Crippen LogP contribution in [0.15, 0.2) is 24.3 Å². The molecule has 1 N–H and O–H groups in total. The second-order valence-corrected chi connectivity index (χ2v) is 4.42. The van der Waals surface area contributed by atoms with E-state index in [0.29, 0.717) is 0 Å². The van der Waals surface area contributed by atoms with Gasteiger partial charge in [0.05, 0.1) is 11.4 Å². The van der Waals surface area contributed by atoms with E-state index in [2.05, 4.69) is 4.98 Å². The number of pyridine rings is 1. The lowest BCUT2D eigenvalue weighted by Crippen LogP contribution is -2.07. The number of carboxylic acids is 1. The highest BCUT2D eigenvalue weighted by Gasteiger charge is 2.14. The third kappa shape index (κ3) is 2.13. The van der Waals surface area contributed by atoms with Crippen LogP contribution >= 0.6 is 0 Å². The van der Waals surface area contributed by atoms with Crippen LogP contribution in [0.5, 0.6) is 0 Å². The number of carboxylic acid groups (broad SMARTS) is 1. The highest BCUT2D eigenvalue weighted by molar-refractivity contribution is 5.85. The van der Waals surface area contributed by atoms with Crippen LogP contribution in [0.3, 0.4) is 0 Å². The number of nitrogens with zero attached hydrogens (tertiary/aromatic N) is 1. The summed E-state index contributed by atoms with van der Waals surface area (Å²) >= 11 is 0. The molecular formula is C14H15NO2. The zero-order valence-electron chi connectivity index (χ0n) is 10.2. The van der Waals surface area contributed by atoms with Gasteiger partial charge in [-0.1, -0.05) is 6.07 Å². The molecule has 0 bridgehead atoms. The van der Waals surface area contributed by atoms with Gasteiger partial charge in [-0.25, -0.2) is 0 Å². The molecule has 0 saturated heterocycles. The Balaban J connectivity index is 2.61. The zero-order valence-corrected chi connectivity index (χ0v) is 10.2. The molecule has 0 aliphatic carbocycles. The topological polar surface area (TPSA) is 50.2 Å². The summed E-state index contributed by atoms with van der Waals surface area (Å²) in [6.07, 6.45) is 0. The van der Waals surface area contributed by atoms with E-state index in [9.17, 15) is 4.79 Å². The summed E-state index contributed by atoms with van der Waals surface area (Å²) in [6, 6.07) is 7.67. The van der Waals surface area contributed by atoms with Crippen molar-refractivity contribution in [1.29, 1.82) is 0 Å². The Morgan fingerprint density at radius 1 is 1.29 bits per heavy atom. The van der Waals surface area contributed by atoms with Crippen LogP contribution in [0.1, 0.15) is 29.7 Å². The van der Waals surface area contributed by atoms with Gasteiger partial charge in [0.15, 0.2) is 0 Å². The SMILES string of the molecule is Cc1cc(C)c2cc(C(C)C(=O)O)ccc2n1. The van der Waals surface area contributed by atoms with Crippen LogP contribution in [0.2, 0.25) is 0 Å². The van der Waals surface area contributed by atoms with Crippen molar-refractivity contribution in [2.75, 3.05) is 0 Å². The smallest absolute Gasteiger partial charge is 0.310 e. The van der Waals surface area contributed by atoms with Gasteiger partial charge in [0.2, 0.25) is 0 Å². The Morgan fingerprint density at radius 2 is 2.00 bits per heavy atom. The van der Waals surface area contributed by atoms with Crippen molar-refractivity contribution in [1.82, 2.24) is 4.98 Å². The van der Waals surface area contributed by atoms with Crippen molar-refractivity contribution in [3.63, 3.8) is 0 Å². The van der Waals surface area contributed by atoms with Gasteiger partial charge in [-0.3, -0.25) is 9.78 Å². The molecule has 1 atom stereocenters. The molecule has 0 aliphatic heterocycles. The van der Waals surface area contributed by atoms with E-state index in [0.717, 1.165) is 27.7 Å². The molecule has 2 aromatic rings. The summed E-state index contributed by atoms with van der Waals surface area (Å²) in [5.74, 6) is -1.29. The lowest BCUT2D eigenvalue weighted by Gasteiger charge is -2.09. The fourth-order valence-electron chi connectivity index (χ4n) is 1.99. The molecule has 0 spiro atoms. The number of rotatable bonds is 2. The molecule has 88 valence electrons. The average Bonchev–Trinajstić information content (AvgIpc) is 2.27. The second kappa shape index (κ2) is 4.17. The van der Waals surface area contributed by atoms with Crippen LogP contribution in [-0.4, -0.2) is 16.1 Å². The summed E-state index contributed by atoms with van der Waals surface area (Å²) in [7, 11) is 0. The van der Waals surface area contributed by atoms with E-state index in [1.54, 1.807) is 6.92 Å². The highest BCUT2D eigenvalue weighted by atomic mass is 16.4. The Kier molecular flexibility index (Phi) is 2.84. The van der Waals surface area contributed by atoms with E-state index in [1.807, 2.05) is 38.1 Å². The lowest BCUT2D eigenvalue weighted by molar-refractivity contribution is -0.138. The minimum atomic E-state index is -0.804. The van der Waals surface area contributed by atoms with Crippen molar-refractivity contribution in [3.05, 3.63) is 41.1 Å². The molecule has 0 saturated carbocycles. The summed E-state index contributed by atoms with van der Waals surface area (Å²) in [5.41, 5.74) is 3.85. The molecule has 1 aromatic carbocycles. The van der Waals surface area contributed by atoms with Gasteiger partial charge in [0.25, 0.3) is 0 Å². The molecule has 3 nitrogen and oxygen atoms in total. The van der Waals surface area contributed by atoms with E-state index in [-0.39, 0.29) is 0 Å². The van der Waals surface area contributed by atoms with Gasteiger partial charge in [-0.15, -0.1) is 0 Å². The molecule has 2 rings (SSSR count). The maximum Gasteiger partial charge on any atom is 0.310 e. The van der Waals surface area contributed by atoms with Crippen LogP contribution in [0, 0.1) is 13.8 Å². The molecule has 1 unspecified atom stereocenters. The van der Waals surface area contributed by atoms with Crippen molar-refractivity contribution >= 4 is 16.9 Å². The van der Waals surface area contributed by atoms with Gasteiger partial charge in [-0.05, 0) is 50.1 Å². The predicted octanol–water partition coefficient (Wildman–Crippen LogP) is 3.04. The largest absolute Gasteiger partial charge is 0.481 e. The maximum atomic E-state index is 11.0. The maximum absolute atomic E-state index is 11.0. The average molecular weight is 229 g/mol. The Morgan fingerprint density at radius 3 is 2.65 bits per heavy atom. The number of aryl methyl sites for hydroxylation is 2. The minimum Gasteiger partial charge on any atom is -0.481 e. The Labute approximate surface area is 100 Å². The van der Waals surface area contributed by atoms with Gasteiger partial charge in [-0.2, -0.15) is 0 Å². The lowest BCUT2D eigenvalue weighted by atomic mass is 9.98. The summed E-state index contributed by atoms with van der Waals surface area (Å²) in [5, 5.41) is 10.0. The molecule has 17 heavy (non-hydrogen) atoms. The monoisotopic (exact) mass is 229 g/mol. The second-order valence-electron chi connectivity index (χ2n) is 4.42. The minimum absolute atomic E-state index is 0.486. The number of aromatic nitrogens is 1. The molecule has 3 heteroatoms. The fourth-order valence-corrected chi connectivity index (χ4v) is 1.99. The number of benzene rings is 1. The highest BCUT2D eigenvalue weighted by Crippen LogP contribution is 2.23. The standard InChI is InChI=1S/C14H15NO2/c1-8-6-9(2)15-13-5-4-11(7-12(8)13)10(3)14(16)17/h4-7,10H,1-3H3,(H,16,17). The van der Waals surface area contributed by atoms with Gasteiger partial charge >= 0.3 is 5.97 Å². The molecule has 1 aromatic heterocycles. The molecule has 0 radical (unpaired) electrons. The molecular weight excluding hydrogens is 214 g/mol. The first kappa shape index (κ1) is 11.6. The summed E-state index contributed by atoms with van der Waals surface area (Å²) in [6.45, 7) is 5.67. The molecule has 0 aliphatic rings. The first-order valence-electron chi connectivity index (χ1n) is 5.60. The van der Waals surface area contributed by atoms with Crippen LogP contribution in [-0.2, 0) is 4.79 Å². The third-order valence-electron chi connectivity index (χ3n) is 3.04. The summed E-state index contributed by atoms with van der Waals surface area (Å²) < 4.78 is 0. The Hall–Kier alpha value is -1.90. The summed E-state index contributed by atoms with van der Waals surface area (Å²) in [4.78, 5) is 15.4. The zero-order chi connectivity index (χ0) is 12.6. The van der Waals surface area contributed by atoms with Crippen molar-refractivity contribution in [2.24, 2.45) is 0 Å². The van der Waals surface area contributed by atoms with Gasteiger partial charge < -0.3 is 5.11 Å². The number of hydrogen-bond acceptors (Lipinski definition) is 2. The normalized spacial score (nSPS) is 12.6. The quantitative estimate of drug-likeness (QED) is 0.861. The van der Waals surface area contributed by atoms with E-state index >= 15 is 0 Å². The van der Waals surface area contributed by atoms with Crippen LogP contribution in [0.25, 0.3) is 10.9 Å². The fraction of sp³-hybridized carbons (Fsp3) is 0.286. The van der Waals surface area contributed by atoms with E-state index in [4.69, 9.17) is 5.11 Å².